The molecular formula is C16H18ClN3O. The number of fused-ring (bicyclic) bond motifs is 1. The van der Waals surface area contributed by atoms with E-state index in [-0.39, 0.29) is 18.5 Å². The molecule has 1 aliphatic carbocycles. The molecule has 0 radical (unpaired) electrons. The van der Waals surface area contributed by atoms with Crippen molar-refractivity contribution < 1.29 is 4.79 Å². The normalized spacial score (nSPS) is 17.3. The summed E-state index contributed by atoms with van der Waals surface area (Å²) in [7, 11) is 0. The van der Waals surface area contributed by atoms with E-state index in [4.69, 9.17) is 11.6 Å². The molecule has 1 aliphatic rings. The molecule has 21 heavy (non-hydrogen) atoms. The van der Waals surface area contributed by atoms with Crippen LogP contribution in [0.5, 0.6) is 0 Å². The highest BCUT2D eigenvalue weighted by molar-refractivity contribution is 6.31. The molecule has 1 N–H and O–H groups in total. The molecule has 0 fully saturated rings. The first kappa shape index (κ1) is 14.1. The molecule has 1 aromatic heterocycles. The van der Waals surface area contributed by atoms with Crippen molar-refractivity contribution in [2.75, 3.05) is 0 Å². The Morgan fingerprint density at radius 2 is 2.19 bits per heavy atom. The Balaban J connectivity index is 1.59. The Morgan fingerprint density at radius 3 is 2.90 bits per heavy atom. The predicted molar refractivity (Wildman–Crippen MR) is 82.4 cm³/mol. The van der Waals surface area contributed by atoms with Crippen LogP contribution in [-0.4, -0.2) is 21.7 Å². The first-order valence-electron chi connectivity index (χ1n) is 7.17. The molecule has 5 heteroatoms. The topological polar surface area (TPSA) is 46.9 Å². The van der Waals surface area contributed by atoms with E-state index in [0.717, 1.165) is 25.0 Å². The number of nitrogens with one attached hydrogen (secondary N) is 1. The molecule has 0 saturated heterocycles. The Kier molecular flexibility index (Phi) is 3.97. The summed E-state index contributed by atoms with van der Waals surface area (Å²) in [4.78, 5) is 12.1. The Labute approximate surface area is 129 Å². The molecule has 1 amide bonds. The summed E-state index contributed by atoms with van der Waals surface area (Å²) in [5, 5.41) is 7.89. The Bertz CT molecular complexity index is 646. The van der Waals surface area contributed by atoms with E-state index in [0.29, 0.717) is 5.02 Å². The molecule has 1 heterocycles. The molecule has 0 spiro atoms. The smallest absolute Gasteiger partial charge is 0.241 e. The van der Waals surface area contributed by atoms with Gasteiger partial charge in [-0.15, -0.1) is 0 Å². The monoisotopic (exact) mass is 303 g/mol. The fraction of sp³-hybridized carbons (Fsp3) is 0.375. The van der Waals surface area contributed by atoms with Gasteiger partial charge in [-0.1, -0.05) is 35.9 Å². The van der Waals surface area contributed by atoms with E-state index in [1.807, 2.05) is 6.92 Å². The lowest BCUT2D eigenvalue weighted by Crippen LogP contribution is -2.40. The predicted octanol–water partition coefficient (Wildman–Crippen LogP) is 2.52. The Morgan fingerprint density at radius 1 is 1.43 bits per heavy atom. The van der Waals surface area contributed by atoms with E-state index >= 15 is 0 Å². The molecule has 1 aromatic carbocycles. The maximum atomic E-state index is 12.1. The van der Waals surface area contributed by atoms with Crippen molar-refractivity contribution >= 4 is 17.5 Å². The van der Waals surface area contributed by atoms with Gasteiger partial charge < -0.3 is 5.32 Å². The number of hydrogen-bond donors (Lipinski definition) is 1. The number of halogens is 1. The molecule has 4 nitrogen and oxygen atoms in total. The second-order valence-corrected chi connectivity index (χ2v) is 5.94. The number of carbonyl (C=O) groups is 1. The first-order chi connectivity index (χ1) is 10.1. The van der Waals surface area contributed by atoms with Crippen molar-refractivity contribution in [3.05, 3.63) is 52.3 Å². The average Bonchev–Trinajstić information content (AvgIpc) is 2.77. The second kappa shape index (κ2) is 5.90. The number of amides is 1. The van der Waals surface area contributed by atoms with Gasteiger partial charge in [-0.3, -0.25) is 9.48 Å². The van der Waals surface area contributed by atoms with E-state index in [1.54, 1.807) is 10.9 Å². The van der Waals surface area contributed by atoms with Gasteiger partial charge in [-0.25, -0.2) is 0 Å². The van der Waals surface area contributed by atoms with Crippen LogP contribution in [-0.2, 0) is 24.2 Å². The maximum Gasteiger partial charge on any atom is 0.241 e. The number of rotatable bonds is 3. The van der Waals surface area contributed by atoms with Crippen LogP contribution in [0.1, 0.15) is 23.2 Å². The lowest BCUT2D eigenvalue weighted by Gasteiger charge is -2.25. The fourth-order valence-corrected chi connectivity index (χ4v) is 2.97. The minimum atomic E-state index is -0.0152. The van der Waals surface area contributed by atoms with E-state index in [9.17, 15) is 4.79 Å². The second-order valence-electron chi connectivity index (χ2n) is 5.54. The number of benzene rings is 1. The van der Waals surface area contributed by atoms with Gasteiger partial charge in [0.1, 0.15) is 6.54 Å². The van der Waals surface area contributed by atoms with Crippen molar-refractivity contribution in [2.24, 2.45) is 0 Å². The summed E-state index contributed by atoms with van der Waals surface area (Å²) in [6, 6.07) is 8.64. The first-order valence-corrected chi connectivity index (χ1v) is 7.55. The largest absolute Gasteiger partial charge is 0.351 e. The SMILES string of the molecule is Cc1nn(CC(=O)N[C@@H]2CCc3ccccc3C2)cc1Cl. The molecule has 3 rings (SSSR count). The lowest BCUT2D eigenvalue weighted by molar-refractivity contribution is -0.122. The van der Waals surface area contributed by atoms with E-state index in [1.165, 1.54) is 11.1 Å². The van der Waals surface area contributed by atoms with Gasteiger partial charge in [0.15, 0.2) is 0 Å². The molecule has 0 aliphatic heterocycles. The zero-order chi connectivity index (χ0) is 14.8. The van der Waals surface area contributed by atoms with Crippen molar-refractivity contribution in [1.29, 1.82) is 0 Å². The molecule has 1 atom stereocenters. The molecular weight excluding hydrogens is 286 g/mol. The fourth-order valence-electron chi connectivity index (χ4n) is 2.82. The lowest BCUT2D eigenvalue weighted by atomic mass is 9.88. The van der Waals surface area contributed by atoms with Gasteiger partial charge in [-0.2, -0.15) is 5.10 Å². The highest BCUT2D eigenvalue weighted by atomic mass is 35.5. The summed E-state index contributed by atoms with van der Waals surface area (Å²) < 4.78 is 1.59. The summed E-state index contributed by atoms with van der Waals surface area (Å²) in [5.74, 6) is -0.0152. The molecule has 0 saturated carbocycles. The molecule has 0 unspecified atom stereocenters. The highest BCUT2D eigenvalue weighted by Crippen LogP contribution is 2.21. The van der Waals surface area contributed by atoms with E-state index in [2.05, 4.69) is 34.7 Å². The van der Waals surface area contributed by atoms with Gasteiger partial charge in [-0.05, 0) is 37.3 Å². The average molecular weight is 304 g/mol. The van der Waals surface area contributed by atoms with Crippen LogP contribution in [0, 0.1) is 6.92 Å². The van der Waals surface area contributed by atoms with Crippen LogP contribution in [0.25, 0.3) is 0 Å². The van der Waals surface area contributed by atoms with Crippen molar-refractivity contribution in [1.82, 2.24) is 15.1 Å². The van der Waals surface area contributed by atoms with Gasteiger partial charge in [0.2, 0.25) is 5.91 Å². The maximum absolute atomic E-state index is 12.1. The van der Waals surface area contributed by atoms with Gasteiger partial charge in [0.25, 0.3) is 0 Å². The number of aromatic nitrogens is 2. The van der Waals surface area contributed by atoms with Crippen molar-refractivity contribution in [2.45, 2.75) is 38.8 Å². The number of nitrogens with zero attached hydrogens (tertiary/aromatic N) is 2. The molecule has 110 valence electrons. The van der Waals surface area contributed by atoms with Crippen LogP contribution in [0.15, 0.2) is 30.5 Å². The standard InChI is InChI=1S/C16H18ClN3O/c1-11-15(17)9-20(19-11)10-16(21)18-14-7-6-12-4-2-3-5-13(12)8-14/h2-5,9,14H,6-8,10H2,1H3,(H,18,21)/t14-/m1/s1. The summed E-state index contributed by atoms with van der Waals surface area (Å²) >= 11 is 5.95. The van der Waals surface area contributed by atoms with Crippen LogP contribution in [0.2, 0.25) is 5.02 Å². The minimum Gasteiger partial charge on any atom is -0.351 e. The van der Waals surface area contributed by atoms with Crippen molar-refractivity contribution in [3.63, 3.8) is 0 Å². The Hall–Kier alpha value is -1.81. The molecule has 0 bridgehead atoms. The third-order valence-corrected chi connectivity index (χ3v) is 4.28. The summed E-state index contributed by atoms with van der Waals surface area (Å²) in [6.45, 7) is 2.04. The van der Waals surface area contributed by atoms with Crippen LogP contribution in [0.4, 0.5) is 0 Å². The molecule has 2 aromatic rings. The highest BCUT2D eigenvalue weighted by Gasteiger charge is 2.20. The summed E-state index contributed by atoms with van der Waals surface area (Å²) in [5.41, 5.74) is 3.49. The minimum absolute atomic E-state index is 0.0152. The zero-order valence-corrected chi connectivity index (χ0v) is 12.7. The van der Waals surface area contributed by atoms with Gasteiger partial charge >= 0.3 is 0 Å². The van der Waals surface area contributed by atoms with Gasteiger partial charge in [0.05, 0.1) is 10.7 Å². The van der Waals surface area contributed by atoms with Crippen LogP contribution in [0.3, 0.4) is 0 Å². The van der Waals surface area contributed by atoms with E-state index < -0.39 is 0 Å². The quantitative estimate of drug-likeness (QED) is 0.947. The van der Waals surface area contributed by atoms with Crippen molar-refractivity contribution in [3.8, 4) is 0 Å². The van der Waals surface area contributed by atoms with Crippen LogP contribution >= 0.6 is 11.6 Å². The third kappa shape index (κ3) is 3.27. The number of hydrogen-bond acceptors (Lipinski definition) is 2. The zero-order valence-electron chi connectivity index (χ0n) is 12.0. The third-order valence-electron chi connectivity index (χ3n) is 3.90. The number of carbonyl (C=O) groups excluding carboxylic acids is 1. The number of aryl methyl sites for hydroxylation is 2. The van der Waals surface area contributed by atoms with Crippen LogP contribution < -0.4 is 5.32 Å². The summed E-state index contributed by atoms with van der Waals surface area (Å²) in [6.07, 6.45) is 4.60. The van der Waals surface area contributed by atoms with Gasteiger partial charge in [0, 0.05) is 12.2 Å².